The number of ether oxygens (including phenoxy) is 1. The van der Waals surface area contributed by atoms with E-state index in [0.717, 1.165) is 16.7 Å². The third-order valence-electron chi connectivity index (χ3n) is 5.94. The first-order chi connectivity index (χ1) is 17.0. The van der Waals surface area contributed by atoms with Gasteiger partial charge in [0.2, 0.25) is 5.91 Å². The molecule has 1 unspecified atom stereocenters. The van der Waals surface area contributed by atoms with Gasteiger partial charge in [-0.3, -0.25) is 14.5 Å². The lowest BCUT2D eigenvalue weighted by Crippen LogP contribution is -2.35. The Balaban J connectivity index is 1.36. The van der Waals surface area contributed by atoms with E-state index in [1.807, 2.05) is 61.2 Å². The Kier molecular flexibility index (Phi) is 7.48. The van der Waals surface area contributed by atoms with Crippen LogP contribution in [0.1, 0.15) is 36.0 Å². The Hall–Kier alpha value is -4.10. The predicted octanol–water partition coefficient (Wildman–Crippen LogP) is 5.72. The summed E-state index contributed by atoms with van der Waals surface area (Å²) in [5, 5.41) is 6.80. The molecule has 0 aliphatic heterocycles. The van der Waals surface area contributed by atoms with Gasteiger partial charge >= 0.3 is 0 Å². The summed E-state index contributed by atoms with van der Waals surface area (Å²) in [6, 6.07) is 23.8. The van der Waals surface area contributed by atoms with Crippen molar-refractivity contribution in [3.63, 3.8) is 0 Å². The number of benzene rings is 3. The van der Waals surface area contributed by atoms with Crippen molar-refractivity contribution in [3.05, 3.63) is 90.2 Å². The highest BCUT2D eigenvalue weighted by atomic mass is 16.5. The summed E-state index contributed by atoms with van der Waals surface area (Å²) < 4.78 is 11.3. The molecule has 7 nitrogen and oxygen atoms in total. The molecule has 7 heteroatoms. The van der Waals surface area contributed by atoms with E-state index >= 15 is 0 Å². The van der Waals surface area contributed by atoms with Gasteiger partial charge in [-0.15, -0.1) is 0 Å². The van der Waals surface area contributed by atoms with Crippen molar-refractivity contribution in [1.82, 2.24) is 4.90 Å². The monoisotopic (exact) mass is 471 g/mol. The van der Waals surface area contributed by atoms with Gasteiger partial charge in [0.15, 0.2) is 0 Å². The molecule has 35 heavy (non-hydrogen) atoms. The summed E-state index contributed by atoms with van der Waals surface area (Å²) in [5.41, 5.74) is 2.53. The van der Waals surface area contributed by atoms with Crippen LogP contribution in [-0.2, 0) is 4.79 Å². The molecular weight excluding hydrogens is 442 g/mol. The van der Waals surface area contributed by atoms with Gasteiger partial charge in [0, 0.05) is 16.6 Å². The predicted molar refractivity (Wildman–Crippen MR) is 138 cm³/mol. The van der Waals surface area contributed by atoms with Gasteiger partial charge in [0.1, 0.15) is 17.1 Å². The number of para-hydroxylation sites is 3. The summed E-state index contributed by atoms with van der Waals surface area (Å²) in [6.07, 6.45) is 0. The maximum atomic E-state index is 12.7. The van der Waals surface area contributed by atoms with E-state index in [1.165, 1.54) is 0 Å². The van der Waals surface area contributed by atoms with E-state index in [4.69, 9.17) is 9.15 Å². The van der Waals surface area contributed by atoms with Crippen molar-refractivity contribution < 1.29 is 18.7 Å². The first-order valence-corrected chi connectivity index (χ1v) is 11.5. The first kappa shape index (κ1) is 24.0. The number of anilines is 2. The second-order valence-electron chi connectivity index (χ2n) is 8.21. The zero-order valence-corrected chi connectivity index (χ0v) is 20.1. The Bertz CT molecular complexity index is 1280. The number of fused-ring (bicyclic) bond motifs is 1. The van der Waals surface area contributed by atoms with Crippen molar-refractivity contribution in [2.45, 2.75) is 19.9 Å². The van der Waals surface area contributed by atoms with Crippen LogP contribution in [0, 0.1) is 0 Å². The minimum Gasteiger partial charge on any atom is -0.495 e. The summed E-state index contributed by atoms with van der Waals surface area (Å²) in [4.78, 5) is 27.4. The number of nitrogens with one attached hydrogen (secondary N) is 2. The molecule has 3 aromatic carbocycles. The minimum atomic E-state index is -0.260. The summed E-state index contributed by atoms with van der Waals surface area (Å²) in [5.74, 6) is 1.01. The second kappa shape index (κ2) is 10.9. The van der Waals surface area contributed by atoms with E-state index < -0.39 is 0 Å². The van der Waals surface area contributed by atoms with Gasteiger partial charge in [-0.05, 0) is 62.0 Å². The zero-order chi connectivity index (χ0) is 24.8. The first-order valence-electron chi connectivity index (χ1n) is 11.5. The molecule has 0 aliphatic carbocycles. The molecule has 2 N–H and O–H groups in total. The van der Waals surface area contributed by atoms with Gasteiger partial charge < -0.3 is 19.8 Å². The molecule has 4 aromatic rings. The Morgan fingerprint density at radius 2 is 1.69 bits per heavy atom. The number of likely N-dealkylation sites (N-methyl/N-ethyl adjacent to an activating group) is 1. The molecule has 0 spiro atoms. The molecule has 180 valence electrons. The Morgan fingerprint density at radius 3 is 2.40 bits per heavy atom. The standard InChI is InChI=1S/C28H29N3O4/c1-4-31(19(2)26-17-21-9-5-7-11-24(21)35-26)18-27(32)29-22-15-13-20(14-16-22)28(33)30-23-10-6-8-12-25(23)34-3/h5-17,19H,4,18H2,1-3H3,(H,29,32)(H,30,33). The maximum Gasteiger partial charge on any atom is 0.255 e. The lowest BCUT2D eigenvalue weighted by atomic mass is 10.1. The summed E-state index contributed by atoms with van der Waals surface area (Å²) >= 11 is 0. The Labute approximate surface area is 204 Å². The van der Waals surface area contributed by atoms with Gasteiger partial charge in [-0.1, -0.05) is 37.3 Å². The van der Waals surface area contributed by atoms with Crippen LogP contribution >= 0.6 is 0 Å². The fraction of sp³-hybridized carbons (Fsp3) is 0.214. The molecule has 0 aliphatic rings. The second-order valence-corrected chi connectivity index (χ2v) is 8.21. The Morgan fingerprint density at radius 1 is 0.971 bits per heavy atom. The molecule has 0 bridgehead atoms. The molecular formula is C28H29N3O4. The zero-order valence-electron chi connectivity index (χ0n) is 20.1. The van der Waals surface area contributed by atoms with Crippen LogP contribution in [-0.4, -0.2) is 36.9 Å². The van der Waals surface area contributed by atoms with Crippen LogP contribution in [0.25, 0.3) is 11.0 Å². The van der Waals surface area contributed by atoms with Crippen LogP contribution in [0.3, 0.4) is 0 Å². The number of nitrogens with zero attached hydrogens (tertiary/aromatic N) is 1. The number of methoxy groups -OCH3 is 1. The van der Waals surface area contributed by atoms with Crippen molar-refractivity contribution in [2.75, 3.05) is 30.8 Å². The topological polar surface area (TPSA) is 83.8 Å². The normalized spacial score (nSPS) is 11.9. The van der Waals surface area contributed by atoms with Gasteiger partial charge in [0.25, 0.3) is 5.91 Å². The molecule has 1 atom stereocenters. The average Bonchev–Trinajstić information content (AvgIpc) is 3.32. The van der Waals surface area contributed by atoms with Crippen LogP contribution in [0.4, 0.5) is 11.4 Å². The molecule has 0 saturated heterocycles. The fourth-order valence-electron chi connectivity index (χ4n) is 3.94. The molecule has 1 heterocycles. The number of furan rings is 1. The number of hydrogen-bond donors (Lipinski definition) is 2. The lowest BCUT2D eigenvalue weighted by Gasteiger charge is -2.25. The van der Waals surface area contributed by atoms with E-state index in [2.05, 4.69) is 10.6 Å². The van der Waals surface area contributed by atoms with Gasteiger partial charge in [-0.2, -0.15) is 0 Å². The van der Waals surface area contributed by atoms with Crippen LogP contribution in [0.5, 0.6) is 5.75 Å². The number of carbonyl (C=O) groups excluding carboxylic acids is 2. The van der Waals surface area contributed by atoms with Crippen molar-refractivity contribution in [1.29, 1.82) is 0 Å². The molecule has 0 saturated carbocycles. The van der Waals surface area contributed by atoms with E-state index in [1.54, 1.807) is 43.5 Å². The van der Waals surface area contributed by atoms with Crippen LogP contribution in [0.2, 0.25) is 0 Å². The maximum absolute atomic E-state index is 12.7. The molecule has 4 rings (SSSR count). The van der Waals surface area contributed by atoms with Crippen LogP contribution < -0.4 is 15.4 Å². The minimum absolute atomic E-state index is 0.0563. The van der Waals surface area contributed by atoms with Crippen molar-refractivity contribution in [2.24, 2.45) is 0 Å². The highest BCUT2D eigenvalue weighted by molar-refractivity contribution is 6.05. The van der Waals surface area contributed by atoms with Crippen molar-refractivity contribution in [3.8, 4) is 5.75 Å². The van der Waals surface area contributed by atoms with E-state index in [9.17, 15) is 9.59 Å². The molecule has 0 radical (unpaired) electrons. The van der Waals surface area contributed by atoms with Gasteiger partial charge in [-0.25, -0.2) is 0 Å². The average molecular weight is 472 g/mol. The third kappa shape index (κ3) is 5.70. The summed E-state index contributed by atoms with van der Waals surface area (Å²) in [7, 11) is 1.56. The summed E-state index contributed by atoms with van der Waals surface area (Å²) in [6.45, 7) is 4.95. The number of hydrogen-bond acceptors (Lipinski definition) is 5. The highest BCUT2D eigenvalue weighted by Gasteiger charge is 2.21. The fourth-order valence-corrected chi connectivity index (χ4v) is 3.94. The molecule has 2 amide bonds. The smallest absolute Gasteiger partial charge is 0.255 e. The molecule has 0 fully saturated rings. The van der Waals surface area contributed by atoms with E-state index in [-0.39, 0.29) is 24.4 Å². The highest BCUT2D eigenvalue weighted by Crippen LogP contribution is 2.27. The van der Waals surface area contributed by atoms with Crippen molar-refractivity contribution >= 4 is 34.2 Å². The lowest BCUT2D eigenvalue weighted by molar-refractivity contribution is -0.117. The molecule has 1 aromatic heterocycles. The number of carbonyl (C=O) groups is 2. The number of rotatable bonds is 9. The van der Waals surface area contributed by atoms with Gasteiger partial charge in [0.05, 0.1) is 25.4 Å². The third-order valence-corrected chi connectivity index (χ3v) is 5.94. The quantitative estimate of drug-likeness (QED) is 0.326. The largest absolute Gasteiger partial charge is 0.495 e. The van der Waals surface area contributed by atoms with E-state index in [0.29, 0.717) is 29.2 Å². The number of amides is 2. The SMILES string of the molecule is CCN(CC(=O)Nc1ccc(C(=O)Nc2ccccc2OC)cc1)C(C)c1cc2ccccc2o1. The van der Waals surface area contributed by atoms with Crippen LogP contribution in [0.15, 0.2) is 83.3 Å².